The fourth-order valence-electron chi connectivity index (χ4n) is 2.09. The molecule has 7 nitrogen and oxygen atoms in total. The van der Waals surface area contributed by atoms with Crippen molar-refractivity contribution in [2.45, 2.75) is 6.92 Å². The summed E-state index contributed by atoms with van der Waals surface area (Å²) < 4.78 is 5.00. The number of anilines is 2. The summed E-state index contributed by atoms with van der Waals surface area (Å²) in [5.74, 6) is -1.66. The first-order valence-electron chi connectivity index (χ1n) is 6.86. The van der Waals surface area contributed by atoms with Crippen LogP contribution in [0.3, 0.4) is 0 Å². The van der Waals surface area contributed by atoms with Gasteiger partial charge in [0.2, 0.25) is 17.5 Å². The number of rotatable bonds is 5. The standard InChI is InChI=1S/C16H16N2O5/c1-10(20)18(12-4-2-11(17)3-5-12)13-8-15(22)16(9-14(13)21)23-7-6-19/h2-5,8-9,19H,6-7,17H2,1H3. The Morgan fingerprint density at radius 1 is 1.17 bits per heavy atom. The van der Waals surface area contributed by atoms with Crippen LogP contribution < -0.4 is 10.6 Å². The summed E-state index contributed by atoms with van der Waals surface area (Å²) in [5.41, 5.74) is 6.48. The number of carbonyl (C=O) groups is 3. The van der Waals surface area contributed by atoms with E-state index in [4.69, 9.17) is 15.6 Å². The van der Waals surface area contributed by atoms with Crippen LogP contribution in [0.1, 0.15) is 6.92 Å². The Hall–Kier alpha value is -2.93. The third kappa shape index (κ3) is 3.64. The monoisotopic (exact) mass is 316 g/mol. The van der Waals surface area contributed by atoms with Crippen LogP contribution in [-0.2, 0) is 19.1 Å². The molecule has 0 unspecified atom stereocenters. The number of aliphatic hydroxyl groups excluding tert-OH is 1. The molecule has 0 radical (unpaired) electrons. The zero-order valence-electron chi connectivity index (χ0n) is 12.5. The third-order valence-electron chi connectivity index (χ3n) is 3.08. The molecule has 0 aromatic heterocycles. The number of hydrogen-bond donors (Lipinski definition) is 2. The number of amides is 1. The summed E-state index contributed by atoms with van der Waals surface area (Å²) in [5, 5.41) is 8.71. The minimum atomic E-state index is -0.547. The first kappa shape index (κ1) is 16.4. The van der Waals surface area contributed by atoms with Gasteiger partial charge in [-0.3, -0.25) is 19.3 Å². The number of hydrogen-bond acceptors (Lipinski definition) is 6. The Morgan fingerprint density at radius 3 is 2.39 bits per heavy atom. The molecule has 23 heavy (non-hydrogen) atoms. The predicted molar refractivity (Wildman–Crippen MR) is 83.2 cm³/mol. The van der Waals surface area contributed by atoms with Gasteiger partial charge in [-0.15, -0.1) is 0 Å². The summed E-state index contributed by atoms with van der Waals surface area (Å²) >= 11 is 0. The van der Waals surface area contributed by atoms with Crippen LogP contribution in [0.4, 0.5) is 11.4 Å². The molecule has 0 heterocycles. The fourth-order valence-corrected chi connectivity index (χ4v) is 2.09. The van der Waals surface area contributed by atoms with Crippen molar-refractivity contribution >= 4 is 28.8 Å². The first-order valence-corrected chi connectivity index (χ1v) is 6.86. The van der Waals surface area contributed by atoms with E-state index in [9.17, 15) is 14.4 Å². The van der Waals surface area contributed by atoms with Gasteiger partial charge in [-0.1, -0.05) is 0 Å². The number of nitrogens with two attached hydrogens (primary N) is 1. The topological polar surface area (TPSA) is 110 Å². The van der Waals surface area contributed by atoms with E-state index in [0.29, 0.717) is 11.4 Å². The Kier molecular flexibility index (Phi) is 4.92. The van der Waals surface area contributed by atoms with Gasteiger partial charge in [-0.25, -0.2) is 0 Å². The molecule has 0 atom stereocenters. The predicted octanol–water partition coefficient (Wildman–Crippen LogP) is 0.550. The molecule has 120 valence electrons. The lowest BCUT2D eigenvalue weighted by molar-refractivity contribution is -0.119. The van der Waals surface area contributed by atoms with E-state index in [-0.39, 0.29) is 24.7 Å². The smallest absolute Gasteiger partial charge is 0.228 e. The largest absolute Gasteiger partial charge is 0.487 e. The number of ether oxygens (including phenoxy) is 1. The summed E-state index contributed by atoms with van der Waals surface area (Å²) in [4.78, 5) is 37.3. The highest BCUT2D eigenvalue weighted by molar-refractivity contribution is 6.23. The van der Waals surface area contributed by atoms with Gasteiger partial charge in [0.1, 0.15) is 12.3 Å². The average Bonchev–Trinajstić information content (AvgIpc) is 2.51. The maximum atomic E-state index is 12.2. The normalized spacial score (nSPS) is 14.2. The second kappa shape index (κ2) is 6.89. The molecule has 1 aliphatic carbocycles. The van der Waals surface area contributed by atoms with Crippen LogP contribution >= 0.6 is 0 Å². The van der Waals surface area contributed by atoms with Gasteiger partial charge < -0.3 is 15.6 Å². The van der Waals surface area contributed by atoms with E-state index < -0.39 is 17.5 Å². The lowest BCUT2D eigenvalue weighted by Gasteiger charge is -2.24. The number of aliphatic hydroxyl groups is 1. The van der Waals surface area contributed by atoms with Gasteiger partial charge >= 0.3 is 0 Å². The Morgan fingerprint density at radius 2 is 1.83 bits per heavy atom. The first-order chi connectivity index (χ1) is 10.9. The van der Waals surface area contributed by atoms with Gasteiger partial charge in [0.05, 0.1) is 6.61 Å². The molecule has 1 aromatic carbocycles. The minimum Gasteiger partial charge on any atom is -0.487 e. The molecule has 1 aliphatic rings. The SMILES string of the molecule is CC(=O)N(C1=CC(=O)C(OCCO)=CC1=O)c1ccc(N)cc1. The summed E-state index contributed by atoms with van der Waals surface area (Å²) in [7, 11) is 0. The molecular weight excluding hydrogens is 300 g/mol. The minimum absolute atomic E-state index is 0.0661. The van der Waals surface area contributed by atoms with Crippen molar-refractivity contribution in [2.24, 2.45) is 0 Å². The summed E-state index contributed by atoms with van der Waals surface area (Å²) in [6, 6.07) is 6.34. The van der Waals surface area contributed by atoms with E-state index >= 15 is 0 Å². The molecule has 0 fully saturated rings. The van der Waals surface area contributed by atoms with Gasteiger partial charge in [0.25, 0.3) is 0 Å². The van der Waals surface area contributed by atoms with Gasteiger partial charge in [0, 0.05) is 30.5 Å². The maximum absolute atomic E-state index is 12.2. The molecule has 1 aromatic rings. The highest BCUT2D eigenvalue weighted by Gasteiger charge is 2.28. The third-order valence-corrected chi connectivity index (χ3v) is 3.08. The number of nitrogen functional groups attached to an aromatic ring is 1. The van der Waals surface area contributed by atoms with E-state index in [0.717, 1.165) is 17.1 Å². The van der Waals surface area contributed by atoms with Crippen LogP contribution in [0.15, 0.2) is 47.9 Å². The fraction of sp³-hybridized carbons (Fsp3) is 0.188. The Bertz CT molecular complexity index is 704. The van der Waals surface area contributed by atoms with Gasteiger partial charge in [-0.2, -0.15) is 0 Å². The number of nitrogens with zero attached hydrogens (tertiary/aromatic N) is 1. The molecule has 0 saturated carbocycles. The Labute approximate surface area is 132 Å². The number of carbonyl (C=O) groups excluding carboxylic acids is 3. The quantitative estimate of drug-likeness (QED) is 0.606. The zero-order valence-corrected chi connectivity index (χ0v) is 12.5. The molecular formula is C16H16N2O5. The Balaban J connectivity index is 2.34. The number of benzene rings is 1. The molecule has 0 aliphatic heterocycles. The van der Waals surface area contributed by atoms with E-state index in [1.54, 1.807) is 24.3 Å². The van der Waals surface area contributed by atoms with Crippen molar-refractivity contribution in [3.8, 4) is 0 Å². The lowest BCUT2D eigenvalue weighted by Crippen LogP contribution is -2.34. The molecule has 3 N–H and O–H groups in total. The molecule has 7 heteroatoms. The van der Waals surface area contributed by atoms with Crippen molar-refractivity contribution in [3.05, 3.63) is 47.9 Å². The van der Waals surface area contributed by atoms with E-state index in [1.807, 2.05) is 0 Å². The molecule has 0 spiro atoms. The highest BCUT2D eigenvalue weighted by atomic mass is 16.5. The molecule has 0 saturated heterocycles. The van der Waals surface area contributed by atoms with Crippen molar-refractivity contribution in [1.29, 1.82) is 0 Å². The zero-order chi connectivity index (χ0) is 17.0. The number of allylic oxidation sites excluding steroid dienone is 2. The van der Waals surface area contributed by atoms with Crippen molar-refractivity contribution < 1.29 is 24.2 Å². The van der Waals surface area contributed by atoms with Crippen LogP contribution in [0, 0.1) is 0 Å². The lowest BCUT2D eigenvalue weighted by atomic mass is 10.1. The second-order valence-corrected chi connectivity index (χ2v) is 4.78. The van der Waals surface area contributed by atoms with Gasteiger partial charge in [0.15, 0.2) is 5.76 Å². The van der Waals surface area contributed by atoms with E-state index in [2.05, 4.69) is 0 Å². The maximum Gasteiger partial charge on any atom is 0.228 e. The molecule has 1 amide bonds. The number of ketones is 2. The average molecular weight is 316 g/mol. The molecule has 0 bridgehead atoms. The van der Waals surface area contributed by atoms with Crippen molar-refractivity contribution in [1.82, 2.24) is 0 Å². The van der Waals surface area contributed by atoms with Crippen LogP contribution in [-0.4, -0.2) is 35.8 Å². The van der Waals surface area contributed by atoms with Crippen molar-refractivity contribution in [3.63, 3.8) is 0 Å². The second-order valence-electron chi connectivity index (χ2n) is 4.78. The molecule has 2 rings (SSSR count). The van der Waals surface area contributed by atoms with Crippen molar-refractivity contribution in [2.75, 3.05) is 23.8 Å². The summed E-state index contributed by atoms with van der Waals surface area (Å²) in [6.07, 6.45) is 2.06. The van der Waals surface area contributed by atoms with Crippen LogP contribution in [0.2, 0.25) is 0 Å². The summed E-state index contributed by atoms with van der Waals surface area (Å²) in [6.45, 7) is 0.916. The van der Waals surface area contributed by atoms with Crippen LogP contribution in [0.25, 0.3) is 0 Å². The highest BCUT2D eigenvalue weighted by Crippen LogP contribution is 2.24. The van der Waals surface area contributed by atoms with Crippen LogP contribution in [0.5, 0.6) is 0 Å². The van der Waals surface area contributed by atoms with Gasteiger partial charge in [-0.05, 0) is 24.3 Å². The van der Waals surface area contributed by atoms with E-state index in [1.165, 1.54) is 6.92 Å².